The number of hydrogen-bond donors (Lipinski definition) is 2. The van der Waals surface area contributed by atoms with Gasteiger partial charge in [-0.05, 0) is 30.7 Å². The maximum atomic E-state index is 10.9. The van der Waals surface area contributed by atoms with Gasteiger partial charge in [-0.15, -0.1) is 11.3 Å². The molecule has 0 aromatic carbocycles. The second kappa shape index (κ2) is 4.99. The van der Waals surface area contributed by atoms with E-state index in [9.17, 15) is 4.79 Å². The Bertz CT molecular complexity index is 283. The van der Waals surface area contributed by atoms with Crippen molar-refractivity contribution in [2.45, 2.75) is 12.8 Å². The van der Waals surface area contributed by atoms with Gasteiger partial charge in [0.25, 0.3) is 0 Å². The third kappa shape index (κ3) is 2.82. The molecule has 0 aliphatic rings. The van der Waals surface area contributed by atoms with Gasteiger partial charge in [0.2, 0.25) is 5.91 Å². The summed E-state index contributed by atoms with van der Waals surface area (Å²) in [7, 11) is 0. The van der Waals surface area contributed by atoms with Crippen LogP contribution in [0.3, 0.4) is 0 Å². The molecule has 1 amide bonds. The normalized spacial score (nSPS) is 10.2. The molecular weight excluding hydrogens is 186 g/mol. The van der Waals surface area contributed by atoms with Crippen LogP contribution in [0.15, 0.2) is 11.4 Å². The molecule has 0 unspecified atom stereocenters. The van der Waals surface area contributed by atoms with Crippen LogP contribution in [-0.2, 0) is 6.42 Å². The molecule has 0 bridgehead atoms. The Labute approximate surface area is 81.2 Å². The average molecular weight is 198 g/mol. The van der Waals surface area contributed by atoms with E-state index in [2.05, 4.69) is 0 Å². The zero-order valence-electron chi connectivity index (χ0n) is 7.19. The average Bonchev–Trinajstić information content (AvgIpc) is 2.53. The smallest absolute Gasteiger partial charge is 0.249 e. The van der Waals surface area contributed by atoms with Crippen LogP contribution in [0.2, 0.25) is 0 Å². The first-order chi connectivity index (χ1) is 6.25. The Morgan fingerprint density at radius 1 is 1.69 bits per heavy atom. The maximum absolute atomic E-state index is 10.9. The predicted octanol–water partition coefficient (Wildman–Crippen LogP) is 0.976. The number of nitrogens with two attached hydrogens (primary N) is 1. The maximum Gasteiger partial charge on any atom is 0.249 e. The van der Waals surface area contributed by atoms with E-state index in [1.807, 2.05) is 11.8 Å². The second-order valence-corrected chi connectivity index (χ2v) is 3.63. The standard InChI is InChI=1S/C9H12NO2S/c10-9(12)7-4-6-13-8(7)3-1-2-5-11/h1,4,6,11H,2-3,5H2,(H2,10,12). The molecule has 13 heavy (non-hydrogen) atoms. The quantitative estimate of drug-likeness (QED) is 0.693. The topological polar surface area (TPSA) is 63.3 Å². The first-order valence-electron chi connectivity index (χ1n) is 4.04. The van der Waals surface area contributed by atoms with Crippen LogP contribution in [-0.4, -0.2) is 17.6 Å². The van der Waals surface area contributed by atoms with Crippen molar-refractivity contribution in [3.05, 3.63) is 28.3 Å². The van der Waals surface area contributed by atoms with Crippen molar-refractivity contribution < 1.29 is 9.90 Å². The lowest BCUT2D eigenvalue weighted by Crippen LogP contribution is -2.11. The molecule has 0 fully saturated rings. The number of carbonyl (C=O) groups is 1. The molecule has 1 rings (SSSR count). The fourth-order valence-electron chi connectivity index (χ4n) is 1.04. The molecule has 0 saturated carbocycles. The number of primary amides is 1. The van der Waals surface area contributed by atoms with E-state index >= 15 is 0 Å². The number of carbonyl (C=O) groups excluding carboxylic acids is 1. The summed E-state index contributed by atoms with van der Waals surface area (Å²) in [5.74, 6) is -0.381. The Balaban J connectivity index is 2.55. The van der Waals surface area contributed by atoms with Crippen molar-refractivity contribution in [2.24, 2.45) is 5.73 Å². The Morgan fingerprint density at radius 3 is 3.08 bits per heavy atom. The first-order valence-corrected chi connectivity index (χ1v) is 4.92. The number of aliphatic hydroxyl groups is 1. The molecule has 0 saturated heterocycles. The molecule has 3 N–H and O–H groups in total. The molecule has 1 aromatic rings. The summed E-state index contributed by atoms with van der Waals surface area (Å²) in [4.78, 5) is 11.9. The summed E-state index contributed by atoms with van der Waals surface area (Å²) in [6, 6.07) is 1.73. The van der Waals surface area contributed by atoms with Crippen molar-refractivity contribution in [3.8, 4) is 0 Å². The van der Waals surface area contributed by atoms with E-state index in [1.54, 1.807) is 6.07 Å². The van der Waals surface area contributed by atoms with Crippen molar-refractivity contribution in [2.75, 3.05) is 6.61 Å². The predicted molar refractivity (Wildman–Crippen MR) is 52.5 cm³/mol. The number of rotatable bonds is 5. The molecule has 1 aromatic heterocycles. The molecule has 4 heteroatoms. The summed E-state index contributed by atoms with van der Waals surface area (Å²) >= 11 is 1.51. The van der Waals surface area contributed by atoms with Gasteiger partial charge in [-0.2, -0.15) is 0 Å². The van der Waals surface area contributed by atoms with Gasteiger partial charge >= 0.3 is 0 Å². The highest BCUT2D eigenvalue weighted by atomic mass is 32.1. The summed E-state index contributed by atoms with van der Waals surface area (Å²) in [6.07, 6.45) is 3.30. The number of aliphatic hydroxyl groups excluding tert-OH is 1. The van der Waals surface area contributed by atoms with Crippen LogP contribution in [0.5, 0.6) is 0 Å². The van der Waals surface area contributed by atoms with E-state index in [-0.39, 0.29) is 12.5 Å². The van der Waals surface area contributed by atoms with Crippen molar-refractivity contribution >= 4 is 17.2 Å². The fraction of sp³-hybridized carbons (Fsp3) is 0.333. The summed E-state index contributed by atoms with van der Waals surface area (Å²) in [5, 5.41) is 10.4. The van der Waals surface area contributed by atoms with Crippen molar-refractivity contribution in [3.63, 3.8) is 0 Å². The van der Waals surface area contributed by atoms with E-state index < -0.39 is 0 Å². The third-order valence-electron chi connectivity index (χ3n) is 1.67. The minimum Gasteiger partial charge on any atom is -0.396 e. The molecule has 0 aliphatic heterocycles. The van der Waals surface area contributed by atoms with Gasteiger partial charge in [-0.25, -0.2) is 0 Å². The monoisotopic (exact) mass is 198 g/mol. The number of amides is 1. The fourth-order valence-corrected chi connectivity index (χ4v) is 1.92. The second-order valence-electron chi connectivity index (χ2n) is 2.63. The van der Waals surface area contributed by atoms with Gasteiger partial charge in [0.1, 0.15) is 0 Å². The van der Waals surface area contributed by atoms with Gasteiger partial charge in [0.15, 0.2) is 0 Å². The molecule has 3 nitrogen and oxygen atoms in total. The van der Waals surface area contributed by atoms with Crippen LogP contribution >= 0.6 is 11.3 Å². The summed E-state index contributed by atoms with van der Waals surface area (Å²) in [6.45, 7) is 0.150. The van der Waals surface area contributed by atoms with E-state index in [4.69, 9.17) is 10.8 Å². The van der Waals surface area contributed by atoms with Crippen LogP contribution in [0.25, 0.3) is 0 Å². The Kier molecular flexibility index (Phi) is 3.92. The highest BCUT2D eigenvalue weighted by molar-refractivity contribution is 7.10. The number of unbranched alkanes of at least 4 members (excludes halogenated alkanes) is 1. The van der Waals surface area contributed by atoms with Gasteiger partial charge in [-0.3, -0.25) is 4.79 Å². The van der Waals surface area contributed by atoms with Crippen molar-refractivity contribution in [1.29, 1.82) is 0 Å². The highest BCUT2D eigenvalue weighted by Crippen LogP contribution is 2.18. The highest BCUT2D eigenvalue weighted by Gasteiger charge is 2.08. The molecule has 0 aliphatic carbocycles. The van der Waals surface area contributed by atoms with Gasteiger partial charge in [-0.1, -0.05) is 0 Å². The first kappa shape index (κ1) is 10.2. The molecule has 71 valence electrons. The van der Waals surface area contributed by atoms with Crippen LogP contribution in [0, 0.1) is 6.42 Å². The van der Waals surface area contributed by atoms with E-state index in [0.29, 0.717) is 18.4 Å². The summed E-state index contributed by atoms with van der Waals surface area (Å²) in [5.41, 5.74) is 5.76. The van der Waals surface area contributed by atoms with E-state index in [1.165, 1.54) is 11.3 Å². The van der Waals surface area contributed by atoms with Crippen LogP contribution in [0.1, 0.15) is 21.7 Å². The molecule has 1 heterocycles. The third-order valence-corrected chi connectivity index (χ3v) is 2.62. The molecule has 0 atom stereocenters. The van der Waals surface area contributed by atoms with Crippen LogP contribution < -0.4 is 5.73 Å². The minimum atomic E-state index is -0.381. The SMILES string of the molecule is NC(=O)c1ccsc1C[CH]CCO. The Hall–Kier alpha value is -0.870. The van der Waals surface area contributed by atoms with Gasteiger partial charge in [0.05, 0.1) is 5.56 Å². The van der Waals surface area contributed by atoms with Gasteiger partial charge < -0.3 is 10.8 Å². The lowest BCUT2D eigenvalue weighted by molar-refractivity contribution is 0.1000. The van der Waals surface area contributed by atoms with E-state index in [0.717, 1.165) is 4.88 Å². The zero-order chi connectivity index (χ0) is 9.68. The lowest BCUT2D eigenvalue weighted by Gasteiger charge is -1.98. The lowest BCUT2D eigenvalue weighted by atomic mass is 10.1. The Morgan fingerprint density at radius 2 is 2.46 bits per heavy atom. The number of thiophene rings is 1. The zero-order valence-corrected chi connectivity index (χ0v) is 8.01. The van der Waals surface area contributed by atoms with Crippen LogP contribution in [0.4, 0.5) is 0 Å². The summed E-state index contributed by atoms with van der Waals surface area (Å²) < 4.78 is 0. The van der Waals surface area contributed by atoms with Gasteiger partial charge in [0, 0.05) is 11.5 Å². The van der Waals surface area contributed by atoms with Crippen molar-refractivity contribution in [1.82, 2.24) is 0 Å². The molecular formula is C9H12NO2S. The molecule has 0 spiro atoms. The minimum absolute atomic E-state index is 0.150. The largest absolute Gasteiger partial charge is 0.396 e. The number of hydrogen-bond acceptors (Lipinski definition) is 3. The molecule has 1 radical (unpaired) electrons.